The minimum absolute atomic E-state index is 0.0404. The van der Waals surface area contributed by atoms with Crippen LogP contribution >= 0.6 is 0 Å². The Hall–Kier alpha value is -2.80. The first-order chi connectivity index (χ1) is 14.3. The van der Waals surface area contributed by atoms with Gasteiger partial charge in [0.2, 0.25) is 0 Å². The fraction of sp³-hybridized carbons (Fsp3) is 0.667. The van der Waals surface area contributed by atoms with E-state index in [-0.39, 0.29) is 5.57 Å². The van der Waals surface area contributed by atoms with Gasteiger partial charge in [0.05, 0.1) is 5.41 Å². The second-order valence-electron chi connectivity index (χ2n) is 6.72. The maximum atomic E-state index is 11.7. The van der Waals surface area contributed by atoms with Crippen LogP contribution in [0.2, 0.25) is 0 Å². The minimum Gasteiger partial charge on any atom is -0.454 e. The Morgan fingerprint density at radius 3 is 1.44 bits per heavy atom. The van der Waals surface area contributed by atoms with Crippen molar-refractivity contribution in [1.29, 1.82) is 0 Å². The summed E-state index contributed by atoms with van der Waals surface area (Å²) in [7, 11) is 0. The van der Waals surface area contributed by atoms with Crippen LogP contribution in [0.1, 0.15) is 34.1 Å². The Bertz CT molecular complexity index is 667. The molecule has 14 heteroatoms. The Morgan fingerprint density at radius 2 is 1.12 bits per heavy atom. The molecule has 0 aromatic rings. The van der Waals surface area contributed by atoms with Crippen LogP contribution in [-0.2, 0) is 38.1 Å². The molecule has 32 heavy (non-hydrogen) atoms. The van der Waals surface area contributed by atoms with Crippen molar-refractivity contribution < 1.29 is 64.5 Å². The van der Waals surface area contributed by atoms with Gasteiger partial charge >= 0.3 is 36.2 Å². The molecule has 0 aromatic heterocycles. The predicted octanol–water partition coefficient (Wildman–Crippen LogP) is 3.28. The van der Waals surface area contributed by atoms with Gasteiger partial charge in [0.25, 0.3) is 0 Å². The predicted molar refractivity (Wildman–Crippen MR) is 94.8 cm³/mol. The number of hydrogen-bond acceptors (Lipinski definition) is 8. The third-order valence-corrected chi connectivity index (χ3v) is 3.22. The van der Waals surface area contributed by atoms with Crippen molar-refractivity contribution in [2.75, 3.05) is 26.4 Å². The van der Waals surface area contributed by atoms with Crippen LogP contribution in [0.25, 0.3) is 0 Å². The average molecular weight is 482 g/mol. The zero-order chi connectivity index (χ0) is 25.8. The molecule has 0 radical (unpaired) electrons. The molecule has 0 spiro atoms. The van der Waals surface area contributed by atoms with Crippen molar-refractivity contribution >= 4 is 23.9 Å². The standard InChI is InChI=1S/C10H15F3O4.C8H9F3O4/c1-4-9(2,3)8(15)16-5-7(14)17-6-10(11,12)13;1-5(2)7(13)14-3-6(12)15-4-8(9,10)11/h4-6H2,1-3H3;1,3-4H2,2H3. The molecule has 0 bridgehead atoms. The molecule has 0 rings (SSSR count). The number of esters is 4. The molecule has 0 unspecified atom stereocenters. The van der Waals surface area contributed by atoms with Gasteiger partial charge in [0.15, 0.2) is 26.4 Å². The summed E-state index contributed by atoms with van der Waals surface area (Å²) in [5.41, 5.74) is -0.733. The first-order valence-electron chi connectivity index (χ1n) is 8.75. The molecule has 0 aliphatic rings. The highest BCUT2D eigenvalue weighted by Crippen LogP contribution is 2.21. The van der Waals surface area contributed by atoms with Crippen molar-refractivity contribution in [1.82, 2.24) is 0 Å². The van der Waals surface area contributed by atoms with E-state index in [0.29, 0.717) is 6.42 Å². The van der Waals surface area contributed by atoms with Crippen molar-refractivity contribution in [3.63, 3.8) is 0 Å². The lowest BCUT2D eigenvalue weighted by molar-refractivity contribution is -0.190. The van der Waals surface area contributed by atoms with E-state index in [2.05, 4.69) is 25.5 Å². The molecule has 0 fully saturated rings. The molecule has 0 aliphatic heterocycles. The van der Waals surface area contributed by atoms with Gasteiger partial charge in [-0.1, -0.05) is 13.5 Å². The van der Waals surface area contributed by atoms with E-state index in [1.54, 1.807) is 20.8 Å². The van der Waals surface area contributed by atoms with Crippen molar-refractivity contribution in [3.8, 4) is 0 Å². The topological polar surface area (TPSA) is 105 Å². The van der Waals surface area contributed by atoms with Gasteiger partial charge in [-0.2, -0.15) is 26.3 Å². The molecular weight excluding hydrogens is 458 g/mol. The number of alkyl halides is 6. The number of halogens is 6. The SMILES string of the molecule is C=C(C)C(=O)OCC(=O)OCC(F)(F)F.CCC(C)(C)C(=O)OCC(=O)OCC(F)(F)F. The van der Waals surface area contributed by atoms with E-state index in [0.717, 1.165) is 0 Å². The fourth-order valence-corrected chi connectivity index (χ4v) is 1.12. The van der Waals surface area contributed by atoms with Gasteiger partial charge in [0.1, 0.15) is 0 Å². The number of rotatable bonds is 9. The fourth-order valence-electron chi connectivity index (χ4n) is 1.12. The van der Waals surface area contributed by atoms with E-state index in [1.165, 1.54) is 6.92 Å². The van der Waals surface area contributed by atoms with Gasteiger partial charge < -0.3 is 18.9 Å². The lowest BCUT2D eigenvalue weighted by Crippen LogP contribution is -2.29. The van der Waals surface area contributed by atoms with E-state index < -0.39 is 68.1 Å². The monoisotopic (exact) mass is 482 g/mol. The van der Waals surface area contributed by atoms with Gasteiger partial charge in [-0.3, -0.25) is 4.79 Å². The number of ether oxygens (including phenoxy) is 4. The van der Waals surface area contributed by atoms with Crippen molar-refractivity contribution in [3.05, 3.63) is 12.2 Å². The Labute approximate surface area is 179 Å². The Kier molecular flexibility index (Phi) is 13.3. The maximum Gasteiger partial charge on any atom is 0.422 e. The largest absolute Gasteiger partial charge is 0.454 e. The van der Waals surface area contributed by atoms with Crippen LogP contribution in [0, 0.1) is 5.41 Å². The molecule has 186 valence electrons. The molecule has 0 saturated carbocycles. The highest BCUT2D eigenvalue weighted by Gasteiger charge is 2.31. The summed E-state index contributed by atoms with van der Waals surface area (Å²) in [6, 6.07) is 0. The van der Waals surface area contributed by atoms with Crippen LogP contribution in [-0.4, -0.2) is 62.7 Å². The summed E-state index contributed by atoms with van der Waals surface area (Å²) in [6.07, 6.45) is -8.68. The lowest BCUT2D eigenvalue weighted by atomic mass is 9.91. The van der Waals surface area contributed by atoms with E-state index in [1.807, 2.05) is 0 Å². The number of hydrogen-bond donors (Lipinski definition) is 0. The second kappa shape index (κ2) is 13.6. The molecular formula is C18H24F6O8. The van der Waals surface area contributed by atoms with Crippen molar-refractivity contribution in [2.24, 2.45) is 5.41 Å². The number of carbonyl (C=O) groups excluding carboxylic acids is 4. The zero-order valence-corrected chi connectivity index (χ0v) is 17.8. The van der Waals surface area contributed by atoms with Crippen LogP contribution in [0.5, 0.6) is 0 Å². The summed E-state index contributed by atoms with van der Waals surface area (Å²) in [6.45, 7) is 4.47. The van der Waals surface area contributed by atoms with Gasteiger partial charge in [-0.05, 0) is 27.2 Å². The lowest BCUT2D eigenvalue weighted by Gasteiger charge is -2.19. The highest BCUT2D eigenvalue weighted by atomic mass is 19.4. The van der Waals surface area contributed by atoms with Crippen LogP contribution in [0.3, 0.4) is 0 Å². The van der Waals surface area contributed by atoms with Gasteiger partial charge in [-0.25, -0.2) is 14.4 Å². The summed E-state index contributed by atoms with van der Waals surface area (Å²) < 4.78 is 86.1. The average Bonchev–Trinajstić information content (AvgIpc) is 2.66. The van der Waals surface area contributed by atoms with Gasteiger partial charge in [-0.15, -0.1) is 0 Å². The third-order valence-electron chi connectivity index (χ3n) is 3.22. The van der Waals surface area contributed by atoms with Crippen LogP contribution in [0.15, 0.2) is 12.2 Å². The zero-order valence-electron chi connectivity index (χ0n) is 17.8. The summed E-state index contributed by atoms with van der Waals surface area (Å²) in [5.74, 6) is -3.99. The minimum atomic E-state index is -4.59. The van der Waals surface area contributed by atoms with Gasteiger partial charge in [0, 0.05) is 5.57 Å². The molecule has 0 amide bonds. The molecule has 8 nitrogen and oxygen atoms in total. The normalized spacial score (nSPS) is 11.4. The Morgan fingerprint density at radius 1 is 0.750 bits per heavy atom. The summed E-state index contributed by atoms with van der Waals surface area (Å²) >= 11 is 0. The Balaban J connectivity index is 0. The van der Waals surface area contributed by atoms with E-state index in [4.69, 9.17) is 0 Å². The van der Waals surface area contributed by atoms with Crippen LogP contribution in [0.4, 0.5) is 26.3 Å². The van der Waals surface area contributed by atoms with Crippen LogP contribution < -0.4 is 0 Å². The molecule has 0 aromatic carbocycles. The summed E-state index contributed by atoms with van der Waals surface area (Å²) in [4.78, 5) is 43.4. The van der Waals surface area contributed by atoms with Crippen molar-refractivity contribution in [2.45, 2.75) is 46.5 Å². The molecule has 0 aliphatic carbocycles. The highest BCUT2D eigenvalue weighted by molar-refractivity contribution is 5.88. The molecule has 0 heterocycles. The third kappa shape index (κ3) is 18.0. The smallest absolute Gasteiger partial charge is 0.422 e. The quantitative estimate of drug-likeness (QED) is 0.213. The molecule has 0 N–H and O–H groups in total. The first-order valence-corrected chi connectivity index (χ1v) is 8.75. The van der Waals surface area contributed by atoms with E-state index >= 15 is 0 Å². The number of carbonyl (C=O) groups is 4. The van der Waals surface area contributed by atoms with E-state index in [9.17, 15) is 45.5 Å². The molecule has 0 saturated heterocycles. The summed E-state index contributed by atoms with van der Waals surface area (Å²) in [5, 5.41) is 0. The molecule has 0 atom stereocenters. The first kappa shape index (κ1) is 31.4. The maximum absolute atomic E-state index is 11.7. The second-order valence-corrected chi connectivity index (χ2v) is 6.72.